The van der Waals surface area contributed by atoms with Crippen molar-refractivity contribution in [3.8, 4) is 0 Å². The molecule has 1 aliphatic carbocycles. The van der Waals surface area contributed by atoms with Gasteiger partial charge in [0.2, 0.25) is 0 Å². The van der Waals surface area contributed by atoms with E-state index in [-0.39, 0.29) is 0 Å². The first-order valence-electron chi connectivity index (χ1n) is 9.63. The maximum absolute atomic E-state index is 4.36. The molecule has 0 aliphatic heterocycles. The molecule has 0 radical (unpaired) electrons. The van der Waals surface area contributed by atoms with Gasteiger partial charge in [-0.3, -0.25) is 0 Å². The number of hydrogen-bond donors (Lipinski definition) is 1. The maximum atomic E-state index is 4.36. The quantitative estimate of drug-likeness (QED) is 0.554. The van der Waals surface area contributed by atoms with Crippen LogP contribution in [0.3, 0.4) is 0 Å². The van der Waals surface area contributed by atoms with Crippen LogP contribution in [-0.4, -0.2) is 22.8 Å². The van der Waals surface area contributed by atoms with Gasteiger partial charge in [0.25, 0.3) is 0 Å². The number of rotatable bonds is 6. The second-order valence-electron chi connectivity index (χ2n) is 7.34. The van der Waals surface area contributed by atoms with Gasteiger partial charge in [-0.05, 0) is 60.9 Å². The third kappa shape index (κ3) is 4.07. The van der Waals surface area contributed by atoms with E-state index in [0.717, 1.165) is 30.0 Å². The molecule has 4 heteroatoms. The number of anilines is 1. The van der Waals surface area contributed by atoms with Crippen LogP contribution < -0.4 is 4.90 Å². The molecule has 0 atom stereocenters. The van der Waals surface area contributed by atoms with Crippen molar-refractivity contribution in [3.63, 3.8) is 0 Å². The van der Waals surface area contributed by atoms with Gasteiger partial charge in [0.1, 0.15) is 0 Å². The lowest BCUT2D eigenvalue weighted by atomic mass is 9.88. The molecule has 1 saturated carbocycles. The van der Waals surface area contributed by atoms with E-state index < -0.39 is 0 Å². The largest absolute Gasteiger partial charge is 0.367 e. The molecule has 0 amide bonds. The molecular weight excluding hydrogens is 338 g/mol. The van der Waals surface area contributed by atoms with Crippen molar-refractivity contribution < 1.29 is 0 Å². The summed E-state index contributed by atoms with van der Waals surface area (Å²) in [5, 5.41) is 0. The fourth-order valence-electron chi connectivity index (χ4n) is 4.01. The van der Waals surface area contributed by atoms with Gasteiger partial charge in [-0.25, -0.2) is 4.98 Å². The number of fused-ring (bicyclic) bond motifs is 1. The minimum Gasteiger partial charge on any atom is -0.367 e. The number of benzene rings is 2. The summed E-state index contributed by atoms with van der Waals surface area (Å²) in [5.74, 6) is 0.812. The van der Waals surface area contributed by atoms with E-state index in [1.165, 1.54) is 48.3 Å². The van der Waals surface area contributed by atoms with Crippen LogP contribution in [0.1, 0.15) is 37.7 Å². The highest BCUT2D eigenvalue weighted by Gasteiger charge is 2.18. The van der Waals surface area contributed by atoms with Crippen LogP contribution in [0.2, 0.25) is 0 Å². The molecule has 4 rings (SSSR count). The minimum absolute atomic E-state index is 0.812. The molecule has 26 heavy (non-hydrogen) atoms. The van der Waals surface area contributed by atoms with Crippen LogP contribution in [0.4, 0.5) is 5.69 Å². The second-order valence-corrected chi connectivity index (χ2v) is 8.22. The Balaban J connectivity index is 1.58. The average Bonchev–Trinajstić information content (AvgIpc) is 3.17. The number of aromatic amines is 1. The fourth-order valence-corrected chi connectivity index (χ4v) is 4.42. The standard InChI is InChI=1S/C22H27N3S/c1-26-20-10-7-18(8-11-20)15-25(14-17-5-3-2-4-6-17)19-9-12-21-22(13-19)24-16-23-21/h7-13,16-17H,2-6,14-15H2,1H3,(H,23,24). The zero-order valence-electron chi connectivity index (χ0n) is 15.4. The Kier molecular flexibility index (Phi) is 5.49. The van der Waals surface area contributed by atoms with Crippen LogP contribution in [0.15, 0.2) is 53.7 Å². The highest BCUT2D eigenvalue weighted by atomic mass is 32.2. The first-order chi connectivity index (χ1) is 12.8. The van der Waals surface area contributed by atoms with Gasteiger partial charge in [0, 0.05) is 23.7 Å². The molecular formula is C22H27N3S. The number of aromatic nitrogens is 2. The lowest BCUT2D eigenvalue weighted by Gasteiger charge is -2.31. The summed E-state index contributed by atoms with van der Waals surface area (Å²) in [6.45, 7) is 2.11. The smallest absolute Gasteiger partial charge is 0.0931 e. The third-order valence-corrected chi connectivity index (χ3v) is 6.25. The van der Waals surface area contributed by atoms with E-state index in [1.807, 2.05) is 0 Å². The Morgan fingerprint density at radius 2 is 1.88 bits per heavy atom. The molecule has 1 aromatic heterocycles. The number of imidazole rings is 1. The predicted octanol–water partition coefficient (Wildman–Crippen LogP) is 5.87. The Labute approximate surface area is 160 Å². The molecule has 1 aliphatic rings. The Morgan fingerprint density at radius 1 is 1.08 bits per heavy atom. The lowest BCUT2D eigenvalue weighted by Crippen LogP contribution is -2.30. The summed E-state index contributed by atoms with van der Waals surface area (Å²) in [4.78, 5) is 11.5. The second kappa shape index (κ2) is 8.17. The van der Waals surface area contributed by atoms with Crippen LogP contribution in [0.5, 0.6) is 0 Å². The molecule has 1 fully saturated rings. The number of H-pyrrole nitrogens is 1. The van der Waals surface area contributed by atoms with Crippen molar-refractivity contribution in [1.29, 1.82) is 0 Å². The molecule has 136 valence electrons. The van der Waals surface area contributed by atoms with Crippen LogP contribution in [0, 0.1) is 5.92 Å². The van der Waals surface area contributed by atoms with Crippen LogP contribution in [-0.2, 0) is 6.54 Å². The topological polar surface area (TPSA) is 31.9 Å². The fraction of sp³-hybridized carbons (Fsp3) is 0.409. The van der Waals surface area contributed by atoms with Gasteiger partial charge < -0.3 is 9.88 Å². The zero-order chi connectivity index (χ0) is 17.8. The van der Waals surface area contributed by atoms with Crippen molar-refractivity contribution >= 4 is 28.5 Å². The predicted molar refractivity (Wildman–Crippen MR) is 112 cm³/mol. The van der Waals surface area contributed by atoms with Crippen molar-refractivity contribution in [2.45, 2.75) is 43.5 Å². The monoisotopic (exact) mass is 365 g/mol. The summed E-state index contributed by atoms with van der Waals surface area (Å²) in [6, 6.07) is 15.6. The van der Waals surface area contributed by atoms with Crippen molar-refractivity contribution in [2.24, 2.45) is 5.92 Å². The first kappa shape index (κ1) is 17.5. The Bertz CT molecular complexity index is 834. The Hall–Kier alpha value is -1.94. The summed E-state index contributed by atoms with van der Waals surface area (Å²) in [5.41, 5.74) is 4.83. The van der Waals surface area contributed by atoms with Crippen molar-refractivity contribution in [3.05, 3.63) is 54.4 Å². The van der Waals surface area contributed by atoms with E-state index in [0.29, 0.717) is 0 Å². The van der Waals surface area contributed by atoms with E-state index in [1.54, 1.807) is 18.1 Å². The highest BCUT2D eigenvalue weighted by molar-refractivity contribution is 7.98. The van der Waals surface area contributed by atoms with E-state index >= 15 is 0 Å². The third-order valence-electron chi connectivity index (χ3n) is 5.50. The molecule has 2 aromatic carbocycles. The van der Waals surface area contributed by atoms with Gasteiger partial charge in [-0.15, -0.1) is 11.8 Å². The molecule has 0 unspecified atom stereocenters. The number of nitrogens with one attached hydrogen (secondary N) is 1. The highest BCUT2D eigenvalue weighted by Crippen LogP contribution is 2.29. The van der Waals surface area contributed by atoms with Gasteiger partial charge in [0.05, 0.1) is 17.4 Å². The first-order valence-corrected chi connectivity index (χ1v) is 10.9. The van der Waals surface area contributed by atoms with Gasteiger partial charge in [-0.2, -0.15) is 0 Å². The minimum atomic E-state index is 0.812. The summed E-state index contributed by atoms with van der Waals surface area (Å²) in [7, 11) is 0. The maximum Gasteiger partial charge on any atom is 0.0931 e. The van der Waals surface area contributed by atoms with Gasteiger partial charge in [-0.1, -0.05) is 31.4 Å². The molecule has 0 saturated heterocycles. The molecule has 1 N–H and O–H groups in total. The van der Waals surface area contributed by atoms with Gasteiger partial charge in [0.15, 0.2) is 0 Å². The zero-order valence-corrected chi connectivity index (χ0v) is 16.3. The lowest BCUT2D eigenvalue weighted by molar-refractivity contribution is 0.357. The van der Waals surface area contributed by atoms with E-state index in [2.05, 4.69) is 63.6 Å². The Morgan fingerprint density at radius 3 is 2.65 bits per heavy atom. The van der Waals surface area contributed by atoms with Crippen molar-refractivity contribution in [1.82, 2.24) is 9.97 Å². The molecule has 3 nitrogen and oxygen atoms in total. The molecule has 3 aromatic rings. The average molecular weight is 366 g/mol. The summed E-state index contributed by atoms with van der Waals surface area (Å²) < 4.78 is 0. The number of nitrogens with zero attached hydrogens (tertiary/aromatic N) is 2. The van der Waals surface area contributed by atoms with Crippen LogP contribution >= 0.6 is 11.8 Å². The number of hydrogen-bond acceptors (Lipinski definition) is 3. The number of thioether (sulfide) groups is 1. The normalized spacial score (nSPS) is 15.4. The summed E-state index contributed by atoms with van der Waals surface area (Å²) >= 11 is 1.80. The SMILES string of the molecule is CSc1ccc(CN(CC2CCCCC2)c2ccc3nc[nH]c3c2)cc1. The van der Waals surface area contributed by atoms with Crippen molar-refractivity contribution in [2.75, 3.05) is 17.7 Å². The van der Waals surface area contributed by atoms with E-state index in [9.17, 15) is 0 Å². The molecule has 1 heterocycles. The summed E-state index contributed by atoms with van der Waals surface area (Å²) in [6.07, 6.45) is 10.8. The van der Waals surface area contributed by atoms with E-state index in [4.69, 9.17) is 0 Å². The van der Waals surface area contributed by atoms with Crippen LogP contribution in [0.25, 0.3) is 11.0 Å². The molecule has 0 bridgehead atoms. The molecule has 0 spiro atoms. The van der Waals surface area contributed by atoms with Gasteiger partial charge >= 0.3 is 0 Å².